The first-order valence-electron chi connectivity index (χ1n) is 9.31. The van der Waals surface area contributed by atoms with Crippen molar-refractivity contribution in [3.63, 3.8) is 0 Å². The molecule has 0 unspecified atom stereocenters. The number of alkyl halides is 1. The number of imide groups is 1. The fourth-order valence-corrected chi connectivity index (χ4v) is 2.17. The van der Waals surface area contributed by atoms with Crippen molar-refractivity contribution in [2.75, 3.05) is 91.7 Å². The van der Waals surface area contributed by atoms with Gasteiger partial charge in [-0.05, 0) is 0 Å². The Morgan fingerprint density at radius 2 is 0.893 bits per heavy atom. The average Bonchev–Trinajstić information content (AvgIpc) is 3.01. The van der Waals surface area contributed by atoms with E-state index in [4.69, 9.17) is 40.0 Å². The Kier molecular flexibility index (Phi) is 16.0. The quantitative estimate of drug-likeness (QED) is 0.156. The van der Waals surface area contributed by atoms with Gasteiger partial charge in [0.1, 0.15) is 0 Å². The number of rotatable bonds is 20. The normalized spacial score (nSPS) is 13.8. The Bertz CT molecular complexity index is 431. The van der Waals surface area contributed by atoms with Gasteiger partial charge in [-0.2, -0.15) is 0 Å². The van der Waals surface area contributed by atoms with E-state index in [0.29, 0.717) is 85.2 Å². The van der Waals surface area contributed by atoms with Gasteiger partial charge >= 0.3 is 0 Å². The van der Waals surface area contributed by atoms with E-state index >= 15 is 0 Å². The third kappa shape index (κ3) is 13.2. The highest BCUT2D eigenvalue weighted by molar-refractivity contribution is 6.18. The van der Waals surface area contributed by atoms with Gasteiger partial charge in [0, 0.05) is 18.0 Å². The summed E-state index contributed by atoms with van der Waals surface area (Å²) < 4.78 is 31.9. The number of hydrogen-bond acceptors (Lipinski definition) is 8. The number of halogens is 1. The van der Waals surface area contributed by atoms with E-state index in [-0.39, 0.29) is 18.4 Å². The Morgan fingerprint density at radius 1 is 0.571 bits per heavy atom. The monoisotopic (exact) mass is 423 g/mol. The molecule has 0 atom stereocenters. The topological polar surface area (TPSA) is 92.8 Å². The van der Waals surface area contributed by atoms with E-state index in [1.54, 1.807) is 0 Å². The lowest BCUT2D eigenvalue weighted by Crippen LogP contribution is -2.33. The van der Waals surface area contributed by atoms with Crippen LogP contribution in [0.4, 0.5) is 0 Å². The van der Waals surface area contributed by atoms with Crippen molar-refractivity contribution < 1.29 is 38.0 Å². The SMILES string of the molecule is O=C1C=CC(=O)N1CCOCCOCCOCCOCCOCCOCCCl. The summed E-state index contributed by atoms with van der Waals surface area (Å²) in [5.74, 6) is -0.108. The lowest BCUT2D eigenvalue weighted by atomic mass is 10.5. The summed E-state index contributed by atoms with van der Waals surface area (Å²) in [6.45, 7) is 5.92. The van der Waals surface area contributed by atoms with Gasteiger partial charge in [0.15, 0.2) is 0 Å². The van der Waals surface area contributed by atoms with Gasteiger partial charge in [-0.3, -0.25) is 14.5 Å². The maximum Gasteiger partial charge on any atom is 0.253 e. The highest BCUT2D eigenvalue weighted by atomic mass is 35.5. The third-order valence-corrected chi connectivity index (χ3v) is 3.60. The fraction of sp³-hybridized carbons (Fsp3) is 0.778. The van der Waals surface area contributed by atoms with Crippen LogP contribution >= 0.6 is 11.6 Å². The second-order valence-electron chi connectivity index (χ2n) is 5.52. The highest BCUT2D eigenvalue weighted by Crippen LogP contribution is 2.02. The Labute approximate surface area is 170 Å². The van der Waals surface area contributed by atoms with Crippen LogP contribution in [-0.2, 0) is 38.0 Å². The molecule has 0 bridgehead atoms. The molecule has 0 aliphatic carbocycles. The predicted octanol–water partition coefficient (Wildman–Crippen LogP) is 0.250. The number of ether oxygens (including phenoxy) is 6. The largest absolute Gasteiger partial charge is 0.378 e. The molecule has 28 heavy (non-hydrogen) atoms. The second kappa shape index (κ2) is 18.0. The van der Waals surface area contributed by atoms with Crippen LogP contribution in [0.1, 0.15) is 0 Å². The maximum absolute atomic E-state index is 11.3. The molecule has 10 heteroatoms. The van der Waals surface area contributed by atoms with E-state index in [2.05, 4.69) is 0 Å². The number of nitrogens with zero attached hydrogens (tertiary/aromatic N) is 1. The minimum absolute atomic E-state index is 0.251. The van der Waals surface area contributed by atoms with E-state index in [1.807, 2.05) is 0 Å². The van der Waals surface area contributed by atoms with Crippen molar-refractivity contribution in [1.82, 2.24) is 4.90 Å². The van der Waals surface area contributed by atoms with Crippen molar-refractivity contribution in [1.29, 1.82) is 0 Å². The van der Waals surface area contributed by atoms with Crippen molar-refractivity contribution in [2.45, 2.75) is 0 Å². The number of hydrogen-bond donors (Lipinski definition) is 0. The molecule has 0 radical (unpaired) electrons. The van der Waals surface area contributed by atoms with Crippen molar-refractivity contribution in [3.05, 3.63) is 12.2 Å². The van der Waals surface area contributed by atoms with Crippen LogP contribution in [0.5, 0.6) is 0 Å². The van der Waals surface area contributed by atoms with Gasteiger partial charge in [-0.1, -0.05) is 0 Å². The molecule has 0 aromatic rings. The zero-order valence-corrected chi connectivity index (χ0v) is 16.9. The highest BCUT2D eigenvalue weighted by Gasteiger charge is 2.22. The molecule has 1 heterocycles. The van der Waals surface area contributed by atoms with E-state index < -0.39 is 0 Å². The van der Waals surface area contributed by atoms with Crippen LogP contribution in [0.2, 0.25) is 0 Å². The van der Waals surface area contributed by atoms with Crippen LogP contribution in [-0.4, -0.2) is 108 Å². The Hall–Kier alpha value is -1.07. The summed E-state index contributed by atoms with van der Waals surface area (Å²) in [5.41, 5.74) is 0. The number of carbonyl (C=O) groups excluding carboxylic acids is 2. The van der Waals surface area contributed by atoms with Gasteiger partial charge in [-0.15, -0.1) is 11.6 Å². The number of carbonyl (C=O) groups is 2. The average molecular weight is 424 g/mol. The molecule has 0 aromatic carbocycles. The molecule has 1 aliphatic rings. The molecule has 0 fully saturated rings. The molecule has 0 saturated heterocycles. The summed E-state index contributed by atoms with van der Waals surface area (Å²) in [6, 6.07) is 0. The molecule has 1 rings (SSSR count). The summed E-state index contributed by atoms with van der Waals surface area (Å²) in [6.07, 6.45) is 2.51. The van der Waals surface area contributed by atoms with Gasteiger partial charge < -0.3 is 28.4 Å². The minimum atomic E-state index is -0.300. The summed E-state index contributed by atoms with van der Waals surface area (Å²) in [5, 5.41) is 0. The fourth-order valence-electron chi connectivity index (χ4n) is 2.06. The Balaban J connectivity index is 1.70. The second-order valence-corrected chi connectivity index (χ2v) is 5.90. The van der Waals surface area contributed by atoms with E-state index in [0.717, 1.165) is 4.90 Å². The lowest BCUT2D eigenvalue weighted by Gasteiger charge is -2.13. The molecule has 0 N–H and O–H groups in total. The van der Waals surface area contributed by atoms with Crippen LogP contribution in [0.15, 0.2) is 12.2 Å². The molecule has 9 nitrogen and oxygen atoms in total. The van der Waals surface area contributed by atoms with Crippen LogP contribution in [0, 0.1) is 0 Å². The zero-order chi connectivity index (χ0) is 20.3. The van der Waals surface area contributed by atoms with Crippen molar-refractivity contribution in [3.8, 4) is 0 Å². The first-order chi connectivity index (χ1) is 13.8. The minimum Gasteiger partial charge on any atom is -0.378 e. The van der Waals surface area contributed by atoms with Gasteiger partial charge in [-0.25, -0.2) is 0 Å². The van der Waals surface area contributed by atoms with Crippen molar-refractivity contribution in [2.24, 2.45) is 0 Å². The molecule has 1 aliphatic heterocycles. The maximum atomic E-state index is 11.3. The number of amides is 2. The lowest BCUT2D eigenvalue weighted by molar-refractivity contribution is -0.137. The summed E-state index contributed by atoms with van der Waals surface area (Å²) in [4.78, 5) is 23.8. The van der Waals surface area contributed by atoms with Crippen LogP contribution in [0.25, 0.3) is 0 Å². The van der Waals surface area contributed by atoms with E-state index in [1.165, 1.54) is 12.2 Å². The predicted molar refractivity (Wildman–Crippen MR) is 101 cm³/mol. The summed E-state index contributed by atoms with van der Waals surface area (Å²) in [7, 11) is 0. The summed E-state index contributed by atoms with van der Waals surface area (Å²) >= 11 is 5.47. The van der Waals surface area contributed by atoms with Gasteiger partial charge in [0.05, 0.1) is 85.8 Å². The molecule has 162 valence electrons. The smallest absolute Gasteiger partial charge is 0.253 e. The molecule has 0 aromatic heterocycles. The molecule has 0 spiro atoms. The standard InChI is InChI=1S/C18H30ClNO8/c19-3-5-23-7-9-25-11-13-27-15-16-28-14-12-26-10-8-24-6-4-20-17(21)1-2-18(20)22/h1-2H,3-16H2. The first kappa shape index (κ1) is 25.0. The van der Waals surface area contributed by atoms with Crippen LogP contribution in [0.3, 0.4) is 0 Å². The molecule has 2 amide bonds. The Morgan fingerprint density at radius 3 is 1.25 bits per heavy atom. The van der Waals surface area contributed by atoms with E-state index in [9.17, 15) is 9.59 Å². The van der Waals surface area contributed by atoms with Crippen molar-refractivity contribution >= 4 is 23.4 Å². The van der Waals surface area contributed by atoms with Crippen LogP contribution < -0.4 is 0 Å². The third-order valence-electron chi connectivity index (χ3n) is 3.44. The van der Waals surface area contributed by atoms with Gasteiger partial charge in [0.2, 0.25) is 0 Å². The first-order valence-corrected chi connectivity index (χ1v) is 9.85. The molecular weight excluding hydrogens is 394 g/mol. The molecule has 0 saturated carbocycles. The van der Waals surface area contributed by atoms with Gasteiger partial charge in [0.25, 0.3) is 11.8 Å². The zero-order valence-electron chi connectivity index (χ0n) is 16.1. The molecular formula is C18H30ClNO8.